The maximum Gasteiger partial charge on any atom is 0.343 e. The second-order valence-corrected chi connectivity index (χ2v) is 4.64. The number of H-pyrrole nitrogens is 1. The molecule has 5 heteroatoms. The molecule has 0 atom stereocenters. The molecular formula is C17H14ClNO3. The van der Waals surface area contributed by atoms with Gasteiger partial charge in [-0.2, -0.15) is 0 Å². The number of aromatic nitrogens is 1. The Kier molecular flexibility index (Phi) is 4.96. The Bertz CT molecular complexity index is 843. The van der Waals surface area contributed by atoms with E-state index in [1.807, 2.05) is 36.4 Å². The van der Waals surface area contributed by atoms with Crippen molar-refractivity contribution >= 4 is 29.3 Å². The third kappa shape index (κ3) is 3.18. The van der Waals surface area contributed by atoms with Crippen LogP contribution in [0.5, 0.6) is 0 Å². The highest BCUT2D eigenvalue weighted by Crippen LogP contribution is 2.09. The second-order valence-electron chi connectivity index (χ2n) is 4.64. The minimum Gasteiger partial charge on any atom is -0.457 e. The molecule has 3 rings (SSSR count). The number of carbonyl (C=O) groups is 1. The lowest BCUT2D eigenvalue weighted by Gasteiger charge is -2.05. The number of hydrogen-bond acceptors (Lipinski definition) is 3. The molecular weight excluding hydrogens is 302 g/mol. The third-order valence-electron chi connectivity index (χ3n) is 3.22. The number of hydrogen-bond donors (Lipinski definition) is 1. The predicted octanol–water partition coefficient (Wildman–Crippen LogP) is 3.31. The zero-order chi connectivity index (χ0) is 14.7. The van der Waals surface area contributed by atoms with Crippen LogP contribution in [0.25, 0.3) is 10.9 Å². The summed E-state index contributed by atoms with van der Waals surface area (Å²) in [7, 11) is 0. The maximum absolute atomic E-state index is 12.3. The van der Waals surface area contributed by atoms with E-state index >= 15 is 0 Å². The molecule has 3 aromatic rings. The van der Waals surface area contributed by atoms with Gasteiger partial charge < -0.3 is 9.72 Å². The van der Waals surface area contributed by atoms with Gasteiger partial charge in [-0.15, -0.1) is 12.4 Å². The molecule has 0 aliphatic carbocycles. The van der Waals surface area contributed by atoms with Gasteiger partial charge in [-0.1, -0.05) is 42.5 Å². The molecule has 0 aliphatic heterocycles. The topological polar surface area (TPSA) is 59.2 Å². The molecule has 0 amide bonds. The van der Waals surface area contributed by atoms with Gasteiger partial charge in [0.2, 0.25) is 5.43 Å². The average molecular weight is 316 g/mol. The van der Waals surface area contributed by atoms with Gasteiger partial charge in [0.25, 0.3) is 0 Å². The van der Waals surface area contributed by atoms with Gasteiger partial charge >= 0.3 is 5.97 Å². The Labute approximate surface area is 133 Å². The largest absolute Gasteiger partial charge is 0.457 e. The van der Waals surface area contributed by atoms with Crippen LogP contribution >= 0.6 is 12.4 Å². The van der Waals surface area contributed by atoms with E-state index in [1.165, 1.54) is 6.20 Å². The van der Waals surface area contributed by atoms with Gasteiger partial charge in [0, 0.05) is 17.1 Å². The quantitative estimate of drug-likeness (QED) is 0.754. The zero-order valence-electron chi connectivity index (χ0n) is 11.6. The molecule has 0 spiro atoms. The van der Waals surface area contributed by atoms with Crippen LogP contribution < -0.4 is 5.43 Å². The van der Waals surface area contributed by atoms with E-state index in [0.29, 0.717) is 10.9 Å². The first-order valence-corrected chi connectivity index (χ1v) is 6.57. The summed E-state index contributed by atoms with van der Waals surface area (Å²) in [6.07, 6.45) is 1.40. The summed E-state index contributed by atoms with van der Waals surface area (Å²) in [6.45, 7) is 0.145. The van der Waals surface area contributed by atoms with E-state index in [4.69, 9.17) is 4.74 Å². The fourth-order valence-electron chi connectivity index (χ4n) is 2.12. The average Bonchev–Trinajstić information content (AvgIpc) is 2.54. The van der Waals surface area contributed by atoms with Crippen molar-refractivity contribution in [3.05, 3.63) is 82.1 Å². The highest BCUT2D eigenvalue weighted by atomic mass is 35.5. The van der Waals surface area contributed by atoms with Crippen molar-refractivity contribution in [2.75, 3.05) is 0 Å². The number of rotatable bonds is 3. The molecule has 0 bridgehead atoms. The SMILES string of the molecule is Cl.O=C(OCc1ccccc1)c1c[nH]c2ccccc2c1=O. The van der Waals surface area contributed by atoms with Crippen molar-refractivity contribution in [3.63, 3.8) is 0 Å². The summed E-state index contributed by atoms with van der Waals surface area (Å²) < 4.78 is 5.18. The number of ether oxygens (including phenoxy) is 1. The van der Waals surface area contributed by atoms with Crippen LogP contribution in [0.15, 0.2) is 65.6 Å². The molecule has 0 saturated heterocycles. The lowest BCUT2D eigenvalue weighted by molar-refractivity contribution is 0.0471. The summed E-state index contributed by atoms with van der Waals surface area (Å²) >= 11 is 0. The Hall–Kier alpha value is -2.59. The number of nitrogens with one attached hydrogen (secondary N) is 1. The van der Waals surface area contributed by atoms with Crippen LogP contribution in [-0.2, 0) is 11.3 Å². The van der Waals surface area contributed by atoms with Crippen LogP contribution in [0.4, 0.5) is 0 Å². The first-order valence-electron chi connectivity index (χ1n) is 6.57. The fraction of sp³-hybridized carbons (Fsp3) is 0.0588. The molecule has 0 aliphatic rings. The number of halogens is 1. The number of para-hydroxylation sites is 1. The van der Waals surface area contributed by atoms with Gasteiger partial charge in [-0.3, -0.25) is 4.79 Å². The lowest BCUT2D eigenvalue weighted by atomic mass is 10.1. The first-order chi connectivity index (χ1) is 10.3. The molecule has 22 heavy (non-hydrogen) atoms. The van der Waals surface area contributed by atoms with Crippen molar-refractivity contribution in [1.29, 1.82) is 0 Å². The lowest BCUT2D eigenvalue weighted by Crippen LogP contribution is -2.18. The molecule has 1 aromatic heterocycles. The van der Waals surface area contributed by atoms with E-state index < -0.39 is 5.97 Å². The van der Waals surface area contributed by atoms with Gasteiger partial charge in [0.1, 0.15) is 12.2 Å². The maximum atomic E-state index is 12.3. The predicted molar refractivity (Wildman–Crippen MR) is 87.4 cm³/mol. The van der Waals surface area contributed by atoms with Crippen molar-refractivity contribution < 1.29 is 9.53 Å². The molecule has 4 nitrogen and oxygen atoms in total. The summed E-state index contributed by atoms with van der Waals surface area (Å²) in [5.41, 5.74) is 1.28. The van der Waals surface area contributed by atoms with E-state index in [2.05, 4.69) is 4.98 Å². The Balaban J connectivity index is 0.00000176. The van der Waals surface area contributed by atoms with E-state index in [0.717, 1.165) is 5.56 Å². The molecule has 2 aromatic carbocycles. The molecule has 1 N–H and O–H groups in total. The Morgan fingerprint density at radius 2 is 1.68 bits per heavy atom. The van der Waals surface area contributed by atoms with Gasteiger partial charge in [0.05, 0.1) is 0 Å². The number of pyridine rings is 1. The molecule has 0 radical (unpaired) electrons. The number of carbonyl (C=O) groups excluding carboxylic acids is 1. The van der Waals surface area contributed by atoms with Gasteiger partial charge in [0.15, 0.2) is 0 Å². The summed E-state index contributed by atoms with van der Waals surface area (Å²) in [6, 6.07) is 16.4. The van der Waals surface area contributed by atoms with E-state index in [1.54, 1.807) is 18.2 Å². The number of aromatic amines is 1. The zero-order valence-corrected chi connectivity index (χ0v) is 12.4. The summed E-state index contributed by atoms with van der Waals surface area (Å²) in [4.78, 5) is 27.2. The number of fused-ring (bicyclic) bond motifs is 1. The molecule has 0 unspecified atom stereocenters. The van der Waals surface area contributed by atoms with Crippen molar-refractivity contribution in [3.8, 4) is 0 Å². The molecule has 0 fully saturated rings. The first kappa shape index (κ1) is 15.8. The Morgan fingerprint density at radius 1 is 1.00 bits per heavy atom. The van der Waals surface area contributed by atoms with Gasteiger partial charge in [-0.05, 0) is 17.7 Å². The number of benzene rings is 2. The monoisotopic (exact) mass is 315 g/mol. The van der Waals surface area contributed by atoms with Crippen LogP contribution in [0.1, 0.15) is 15.9 Å². The highest BCUT2D eigenvalue weighted by Gasteiger charge is 2.14. The van der Waals surface area contributed by atoms with Crippen molar-refractivity contribution in [2.45, 2.75) is 6.61 Å². The Morgan fingerprint density at radius 3 is 2.45 bits per heavy atom. The molecule has 0 saturated carbocycles. The van der Waals surface area contributed by atoms with E-state index in [9.17, 15) is 9.59 Å². The molecule has 1 heterocycles. The molecule has 112 valence electrons. The summed E-state index contributed by atoms with van der Waals surface area (Å²) in [5.74, 6) is -0.620. The highest BCUT2D eigenvalue weighted by molar-refractivity contribution is 5.93. The van der Waals surface area contributed by atoms with E-state index in [-0.39, 0.29) is 30.0 Å². The minimum absolute atomic E-state index is 0. The van der Waals surface area contributed by atoms with Gasteiger partial charge in [-0.25, -0.2) is 4.79 Å². The summed E-state index contributed by atoms with van der Waals surface area (Å²) in [5, 5.41) is 0.478. The van der Waals surface area contributed by atoms with Crippen LogP contribution in [-0.4, -0.2) is 11.0 Å². The smallest absolute Gasteiger partial charge is 0.343 e. The minimum atomic E-state index is -0.620. The third-order valence-corrected chi connectivity index (χ3v) is 3.22. The fourth-order valence-corrected chi connectivity index (χ4v) is 2.12. The van der Waals surface area contributed by atoms with Crippen molar-refractivity contribution in [1.82, 2.24) is 4.98 Å². The van der Waals surface area contributed by atoms with Crippen LogP contribution in [0.2, 0.25) is 0 Å². The van der Waals surface area contributed by atoms with Crippen LogP contribution in [0, 0.1) is 0 Å². The second kappa shape index (κ2) is 6.91. The van der Waals surface area contributed by atoms with Crippen molar-refractivity contribution in [2.24, 2.45) is 0 Å². The normalized spacial score (nSPS) is 10.0. The number of esters is 1. The standard InChI is InChI=1S/C17H13NO3.ClH/c19-16-13-8-4-5-9-15(13)18-10-14(16)17(20)21-11-12-6-2-1-3-7-12;/h1-10H,11H2,(H,18,19);1H. The van der Waals surface area contributed by atoms with Crippen LogP contribution in [0.3, 0.4) is 0 Å².